The topological polar surface area (TPSA) is 9.23 Å². The molecule has 1 fully saturated rings. The molecule has 0 spiro atoms. The molecule has 1 aliphatic rings. The molecule has 0 unspecified atom stereocenters. The molecule has 0 atom stereocenters. The van der Waals surface area contributed by atoms with Gasteiger partial charge in [-0.3, -0.25) is 0 Å². The molecular weight excluding hydrogens is 107 g/mol. The summed E-state index contributed by atoms with van der Waals surface area (Å²) < 4.78 is 5.78. The summed E-state index contributed by atoms with van der Waals surface area (Å²) in [6.07, 6.45) is 2.56. The monoisotopic (exact) mass is 122 g/mol. The van der Waals surface area contributed by atoms with Gasteiger partial charge < -0.3 is 4.74 Å². The normalized spacial score (nSPS) is 17.4. The molecule has 0 aromatic rings. The summed E-state index contributed by atoms with van der Waals surface area (Å²) in [5.74, 6) is 0. The standard InChI is InChI=1S/C4H8O.C3H7.Li/c1-2-4-5-3-1;1-3-2;/h1-4H2;3H,1-2H3;. The Bertz CT molecular complexity index is 40.5. The van der Waals surface area contributed by atoms with Crippen molar-refractivity contribution in [2.75, 3.05) is 13.2 Å². The summed E-state index contributed by atoms with van der Waals surface area (Å²) in [6, 6.07) is 0. The molecule has 1 heterocycles. The average Bonchev–Trinajstić information content (AvgIpc) is 2.11. The Labute approximate surface area is 67.4 Å². The van der Waals surface area contributed by atoms with Gasteiger partial charge in [0.05, 0.1) is 0 Å². The van der Waals surface area contributed by atoms with Crippen molar-refractivity contribution in [1.82, 2.24) is 0 Å². The van der Waals surface area contributed by atoms with E-state index < -0.39 is 0 Å². The summed E-state index contributed by atoms with van der Waals surface area (Å²) in [6.45, 7) is 6.33. The minimum absolute atomic E-state index is 0.833. The van der Waals surface area contributed by atoms with Crippen molar-refractivity contribution in [1.29, 1.82) is 0 Å². The molecule has 0 aromatic heterocycles. The van der Waals surface area contributed by atoms with Crippen molar-refractivity contribution in [3.63, 3.8) is 0 Å². The van der Waals surface area contributed by atoms with Crippen LogP contribution < -0.4 is 0 Å². The second-order valence-corrected chi connectivity index (χ2v) is 3.05. The fraction of sp³-hybridized carbons (Fsp3) is 1.00. The van der Waals surface area contributed by atoms with E-state index in [-0.39, 0.29) is 0 Å². The molecule has 9 heavy (non-hydrogen) atoms. The first-order chi connectivity index (χ1) is 4.23. The number of ether oxygens (including phenoxy) is 1. The van der Waals surface area contributed by atoms with E-state index in [4.69, 9.17) is 4.74 Å². The van der Waals surface area contributed by atoms with E-state index in [0.717, 1.165) is 17.8 Å². The predicted molar refractivity (Wildman–Crippen MR) is 40.9 cm³/mol. The molecule has 0 aromatic carbocycles. The van der Waals surface area contributed by atoms with Crippen molar-refractivity contribution in [2.24, 2.45) is 0 Å². The van der Waals surface area contributed by atoms with Gasteiger partial charge in [0.15, 0.2) is 0 Å². The number of hydrogen-bond acceptors (Lipinski definition) is 1. The Morgan fingerprint density at radius 2 is 1.56 bits per heavy atom. The van der Waals surface area contributed by atoms with E-state index in [0.29, 0.717) is 0 Å². The molecule has 1 rings (SSSR count). The van der Waals surface area contributed by atoms with Crippen molar-refractivity contribution in [2.45, 2.75) is 31.3 Å². The predicted octanol–water partition coefficient (Wildman–Crippen LogP) is 1.78. The SMILES string of the molecule is C1CCOC1.[Li][CH](C)C. The van der Waals surface area contributed by atoms with Gasteiger partial charge in [-0.25, -0.2) is 0 Å². The zero-order chi connectivity index (χ0) is 7.11. The Morgan fingerprint density at radius 1 is 1.22 bits per heavy atom. The molecule has 0 aliphatic carbocycles. The molecule has 50 valence electrons. The number of rotatable bonds is 0. The molecule has 0 bridgehead atoms. The molecule has 1 aliphatic heterocycles. The second kappa shape index (κ2) is 6.67. The van der Waals surface area contributed by atoms with E-state index in [2.05, 4.69) is 31.6 Å². The fourth-order valence-electron chi connectivity index (χ4n) is 0.510. The van der Waals surface area contributed by atoms with Crippen LogP contribution in [0.3, 0.4) is 0 Å². The van der Waals surface area contributed by atoms with Gasteiger partial charge in [-0.1, -0.05) is 0 Å². The van der Waals surface area contributed by atoms with E-state index in [1.54, 1.807) is 0 Å². The van der Waals surface area contributed by atoms with Crippen molar-refractivity contribution < 1.29 is 4.74 Å². The van der Waals surface area contributed by atoms with Crippen LogP contribution in [0, 0.1) is 0 Å². The van der Waals surface area contributed by atoms with Gasteiger partial charge in [0.1, 0.15) is 0 Å². The van der Waals surface area contributed by atoms with E-state index in [1.807, 2.05) is 0 Å². The summed E-state index contributed by atoms with van der Waals surface area (Å²) in [4.78, 5) is 0. The summed E-state index contributed by atoms with van der Waals surface area (Å²) in [7, 11) is 0. The fourth-order valence-corrected chi connectivity index (χ4v) is 0.510. The first-order valence-electron chi connectivity index (χ1n) is 3.81. The minimum atomic E-state index is 0.833. The van der Waals surface area contributed by atoms with Crippen LogP contribution in [0.15, 0.2) is 0 Å². The van der Waals surface area contributed by atoms with Crippen LogP contribution in [0.5, 0.6) is 0 Å². The van der Waals surface area contributed by atoms with Gasteiger partial charge in [-0.05, 0) is 12.8 Å². The van der Waals surface area contributed by atoms with Crippen LogP contribution in [0.4, 0.5) is 0 Å². The molecular formula is C7H15LiO. The molecule has 0 N–H and O–H groups in total. The van der Waals surface area contributed by atoms with Gasteiger partial charge in [-0.15, -0.1) is 0 Å². The third kappa shape index (κ3) is 11.9. The quantitative estimate of drug-likeness (QED) is 0.445. The summed E-state index contributed by atoms with van der Waals surface area (Å²) in [5, 5.41) is 0. The second-order valence-electron chi connectivity index (χ2n) is 3.05. The molecule has 0 saturated carbocycles. The van der Waals surface area contributed by atoms with Crippen LogP contribution in [-0.4, -0.2) is 30.9 Å². The Hall–Kier alpha value is 0.557. The maximum atomic E-state index is 4.94. The van der Waals surface area contributed by atoms with Gasteiger partial charge in [0.25, 0.3) is 0 Å². The molecule has 0 amide bonds. The van der Waals surface area contributed by atoms with Crippen molar-refractivity contribution >= 4 is 17.7 Å². The van der Waals surface area contributed by atoms with Crippen molar-refractivity contribution in [3.05, 3.63) is 0 Å². The summed E-state index contributed by atoms with van der Waals surface area (Å²) >= 11 is 2.17. The molecule has 2 heteroatoms. The van der Waals surface area contributed by atoms with Crippen LogP contribution >= 0.6 is 0 Å². The molecule has 0 radical (unpaired) electrons. The van der Waals surface area contributed by atoms with E-state index in [9.17, 15) is 0 Å². The average molecular weight is 122 g/mol. The maximum absolute atomic E-state index is 4.94. The first kappa shape index (κ1) is 9.56. The van der Waals surface area contributed by atoms with Crippen LogP contribution in [0.25, 0.3) is 0 Å². The van der Waals surface area contributed by atoms with Gasteiger partial charge in [0.2, 0.25) is 0 Å². The molecule has 1 saturated heterocycles. The van der Waals surface area contributed by atoms with Crippen LogP contribution in [0.2, 0.25) is 4.59 Å². The number of hydrogen-bond donors (Lipinski definition) is 0. The van der Waals surface area contributed by atoms with Crippen LogP contribution in [0.1, 0.15) is 26.7 Å². The Balaban J connectivity index is 0.000000148. The third-order valence-corrected chi connectivity index (χ3v) is 0.827. The molecule has 1 nitrogen and oxygen atoms in total. The Morgan fingerprint density at radius 3 is 1.67 bits per heavy atom. The van der Waals surface area contributed by atoms with E-state index >= 15 is 0 Å². The van der Waals surface area contributed by atoms with E-state index in [1.165, 1.54) is 12.8 Å². The van der Waals surface area contributed by atoms with Gasteiger partial charge >= 0.3 is 36.2 Å². The third-order valence-electron chi connectivity index (χ3n) is 0.827. The van der Waals surface area contributed by atoms with Gasteiger partial charge in [0, 0.05) is 13.2 Å². The van der Waals surface area contributed by atoms with Crippen molar-refractivity contribution in [3.8, 4) is 0 Å². The zero-order valence-electron chi connectivity index (χ0n) is 6.81. The first-order valence-corrected chi connectivity index (χ1v) is 3.81. The summed E-state index contributed by atoms with van der Waals surface area (Å²) in [5.41, 5.74) is 0. The zero-order valence-corrected chi connectivity index (χ0v) is 6.81. The Kier molecular flexibility index (Phi) is 7.09. The van der Waals surface area contributed by atoms with Gasteiger partial charge in [-0.2, -0.15) is 0 Å². The van der Waals surface area contributed by atoms with Crippen LogP contribution in [-0.2, 0) is 4.74 Å².